The maximum absolute atomic E-state index is 6.02. The van der Waals surface area contributed by atoms with Crippen molar-refractivity contribution in [2.24, 2.45) is 0 Å². The van der Waals surface area contributed by atoms with Gasteiger partial charge in [0.1, 0.15) is 12.4 Å². The number of rotatable bonds is 5. The topological polar surface area (TPSA) is 21.7 Å². The van der Waals surface area contributed by atoms with Crippen molar-refractivity contribution in [2.75, 3.05) is 39.5 Å². The minimum atomic E-state index is 0.721. The summed E-state index contributed by atoms with van der Waals surface area (Å²) in [4.78, 5) is 2.39. The van der Waals surface area contributed by atoms with Crippen LogP contribution in [0.5, 0.6) is 5.75 Å². The van der Waals surface area contributed by atoms with E-state index in [0.29, 0.717) is 0 Å². The molecule has 0 aliphatic carbocycles. The average Bonchev–Trinajstić information content (AvgIpc) is 2.58. The van der Waals surface area contributed by atoms with E-state index in [1.54, 1.807) is 0 Å². The zero-order chi connectivity index (χ0) is 15.2. The highest BCUT2D eigenvalue weighted by Gasteiger charge is 2.10. The van der Waals surface area contributed by atoms with Gasteiger partial charge in [0.25, 0.3) is 0 Å². The van der Waals surface area contributed by atoms with Crippen LogP contribution in [-0.2, 0) is 4.74 Å². The lowest BCUT2D eigenvalue weighted by molar-refractivity contribution is 0.0322. The number of nitrogens with zero attached hydrogens (tertiary/aromatic N) is 1. The van der Waals surface area contributed by atoms with Gasteiger partial charge in [-0.25, -0.2) is 0 Å². The van der Waals surface area contributed by atoms with Crippen LogP contribution in [0.2, 0.25) is 0 Å². The molecule has 116 valence electrons. The molecule has 1 aliphatic heterocycles. The van der Waals surface area contributed by atoms with Gasteiger partial charge in [0, 0.05) is 19.6 Å². The molecular formula is C19H23NO2. The minimum absolute atomic E-state index is 0.721. The monoisotopic (exact) mass is 297 g/mol. The summed E-state index contributed by atoms with van der Waals surface area (Å²) in [6, 6.07) is 16.8. The Hall–Kier alpha value is -1.84. The van der Waals surface area contributed by atoms with E-state index in [0.717, 1.165) is 45.2 Å². The molecule has 3 heteroatoms. The highest BCUT2D eigenvalue weighted by molar-refractivity contribution is 5.65. The van der Waals surface area contributed by atoms with Crippen molar-refractivity contribution < 1.29 is 9.47 Å². The van der Waals surface area contributed by atoms with E-state index in [-0.39, 0.29) is 0 Å². The van der Waals surface area contributed by atoms with Gasteiger partial charge in [0.2, 0.25) is 0 Å². The Labute approximate surface area is 132 Å². The normalized spacial score (nSPS) is 15.7. The number of aryl methyl sites for hydroxylation is 1. The molecule has 22 heavy (non-hydrogen) atoms. The van der Waals surface area contributed by atoms with Crippen molar-refractivity contribution in [3.05, 3.63) is 54.1 Å². The zero-order valence-electron chi connectivity index (χ0n) is 13.1. The summed E-state index contributed by atoms with van der Waals surface area (Å²) in [6.07, 6.45) is 0. The fourth-order valence-corrected chi connectivity index (χ4v) is 2.68. The lowest BCUT2D eigenvalue weighted by Crippen LogP contribution is -2.38. The molecule has 3 rings (SSSR count). The molecule has 1 heterocycles. The molecule has 1 saturated heterocycles. The molecular weight excluding hydrogens is 274 g/mol. The van der Waals surface area contributed by atoms with Gasteiger partial charge in [-0.1, -0.05) is 42.5 Å². The number of hydrogen-bond acceptors (Lipinski definition) is 3. The Morgan fingerprint density at radius 1 is 1.00 bits per heavy atom. The second-order valence-corrected chi connectivity index (χ2v) is 5.65. The van der Waals surface area contributed by atoms with E-state index in [1.807, 2.05) is 6.07 Å². The lowest BCUT2D eigenvalue weighted by Gasteiger charge is -2.26. The average molecular weight is 297 g/mol. The van der Waals surface area contributed by atoms with E-state index in [2.05, 4.69) is 54.3 Å². The van der Waals surface area contributed by atoms with Gasteiger partial charge in [-0.2, -0.15) is 0 Å². The van der Waals surface area contributed by atoms with Crippen LogP contribution >= 0.6 is 0 Å². The van der Waals surface area contributed by atoms with Gasteiger partial charge >= 0.3 is 0 Å². The number of morpholine rings is 1. The fourth-order valence-electron chi connectivity index (χ4n) is 2.68. The highest BCUT2D eigenvalue weighted by atomic mass is 16.5. The molecule has 0 unspecified atom stereocenters. The van der Waals surface area contributed by atoms with E-state index in [1.165, 1.54) is 16.7 Å². The van der Waals surface area contributed by atoms with Crippen LogP contribution in [-0.4, -0.2) is 44.4 Å². The number of hydrogen-bond donors (Lipinski definition) is 0. The highest BCUT2D eigenvalue weighted by Crippen LogP contribution is 2.26. The molecule has 1 fully saturated rings. The predicted molar refractivity (Wildman–Crippen MR) is 89.4 cm³/mol. The molecule has 0 aromatic heterocycles. The first-order valence-corrected chi connectivity index (χ1v) is 7.92. The smallest absolute Gasteiger partial charge is 0.122 e. The maximum atomic E-state index is 6.02. The molecule has 2 aromatic rings. The first-order valence-electron chi connectivity index (χ1n) is 7.92. The molecule has 0 spiro atoms. The molecule has 0 bridgehead atoms. The molecule has 2 aromatic carbocycles. The molecule has 0 radical (unpaired) electrons. The van der Waals surface area contributed by atoms with Crippen LogP contribution < -0.4 is 4.74 Å². The zero-order valence-corrected chi connectivity index (χ0v) is 13.1. The lowest BCUT2D eigenvalue weighted by atomic mass is 10.0. The second kappa shape index (κ2) is 7.43. The largest absolute Gasteiger partial charge is 0.492 e. The van der Waals surface area contributed by atoms with Crippen molar-refractivity contribution in [3.8, 4) is 16.9 Å². The van der Waals surface area contributed by atoms with Gasteiger partial charge in [0.15, 0.2) is 0 Å². The predicted octanol–water partition coefficient (Wildman–Crippen LogP) is 3.37. The summed E-state index contributed by atoms with van der Waals surface area (Å²) in [5.74, 6) is 0.981. The van der Waals surface area contributed by atoms with Crippen LogP contribution in [0.3, 0.4) is 0 Å². The standard InChI is InChI=1S/C19H23NO2/c1-16-7-8-18(17-5-3-2-4-6-17)15-19(16)22-14-11-20-9-12-21-13-10-20/h2-8,15H,9-14H2,1H3. The van der Waals surface area contributed by atoms with Gasteiger partial charge in [-0.3, -0.25) is 4.90 Å². The Kier molecular flexibility index (Phi) is 5.09. The Bertz CT molecular complexity index is 592. The molecule has 1 aliphatic rings. The minimum Gasteiger partial charge on any atom is -0.492 e. The molecule has 3 nitrogen and oxygen atoms in total. The summed E-state index contributed by atoms with van der Waals surface area (Å²) >= 11 is 0. The summed E-state index contributed by atoms with van der Waals surface area (Å²) in [5, 5.41) is 0. The quantitative estimate of drug-likeness (QED) is 0.844. The molecule has 0 N–H and O–H groups in total. The SMILES string of the molecule is Cc1ccc(-c2ccccc2)cc1OCCN1CCOCC1. The number of ether oxygens (including phenoxy) is 2. The fraction of sp³-hybridized carbons (Fsp3) is 0.368. The van der Waals surface area contributed by atoms with Crippen LogP contribution in [0.15, 0.2) is 48.5 Å². The molecule has 0 atom stereocenters. The van der Waals surface area contributed by atoms with Crippen molar-refractivity contribution in [1.82, 2.24) is 4.90 Å². The van der Waals surface area contributed by atoms with Gasteiger partial charge in [0.05, 0.1) is 13.2 Å². The third-order valence-electron chi connectivity index (χ3n) is 4.06. The van der Waals surface area contributed by atoms with E-state index in [9.17, 15) is 0 Å². The Morgan fingerprint density at radius 3 is 2.55 bits per heavy atom. The first kappa shape index (κ1) is 15.1. The van der Waals surface area contributed by atoms with Crippen molar-refractivity contribution in [2.45, 2.75) is 6.92 Å². The summed E-state index contributed by atoms with van der Waals surface area (Å²) < 4.78 is 11.4. The van der Waals surface area contributed by atoms with Crippen LogP contribution in [0.25, 0.3) is 11.1 Å². The van der Waals surface area contributed by atoms with Gasteiger partial charge < -0.3 is 9.47 Å². The van der Waals surface area contributed by atoms with Crippen molar-refractivity contribution in [1.29, 1.82) is 0 Å². The summed E-state index contributed by atoms with van der Waals surface area (Å²) in [5.41, 5.74) is 3.61. The van der Waals surface area contributed by atoms with Crippen LogP contribution in [0, 0.1) is 6.92 Å². The van der Waals surface area contributed by atoms with Gasteiger partial charge in [-0.05, 0) is 29.7 Å². The van der Waals surface area contributed by atoms with E-state index >= 15 is 0 Å². The van der Waals surface area contributed by atoms with E-state index in [4.69, 9.17) is 9.47 Å². The summed E-state index contributed by atoms with van der Waals surface area (Å²) in [7, 11) is 0. The first-order chi connectivity index (χ1) is 10.8. The van der Waals surface area contributed by atoms with E-state index < -0.39 is 0 Å². The third kappa shape index (κ3) is 3.87. The Morgan fingerprint density at radius 2 is 1.77 bits per heavy atom. The van der Waals surface area contributed by atoms with Crippen LogP contribution in [0.4, 0.5) is 0 Å². The Balaban J connectivity index is 1.63. The number of benzene rings is 2. The van der Waals surface area contributed by atoms with Crippen molar-refractivity contribution >= 4 is 0 Å². The van der Waals surface area contributed by atoms with Crippen molar-refractivity contribution in [3.63, 3.8) is 0 Å². The van der Waals surface area contributed by atoms with Gasteiger partial charge in [-0.15, -0.1) is 0 Å². The second-order valence-electron chi connectivity index (χ2n) is 5.65. The van der Waals surface area contributed by atoms with Crippen LogP contribution in [0.1, 0.15) is 5.56 Å². The molecule has 0 amide bonds. The summed E-state index contributed by atoms with van der Waals surface area (Å²) in [6.45, 7) is 7.46. The third-order valence-corrected chi connectivity index (χ3v) is 4.06. The maximum Gasteiger partial charge on any atom is 0.122 e. The molecule has 0 saturated carbocycles.